The molecule has 1 rings (SSSR count). The number of alkyl carbamates (subject to hydrolysis) is 1. The van der Waals surface area contributed by atoms with Gasteiger partial charge in [-0.05, 0) is 18.6 Å². The topological polar surface area (TPSA) is 38.3 Å². The van der Waals surface area contributed by atoms with Crippen molar-refractivity contribution >= 4 is 12.2 Å². The number of nitrogens with one attached hydrogen (secondary N) is 1. The first-order valence-corrected chi connectivity index (χ1v) is 5.10. The molecule has 0 fully saturated rings. The zero-order valence-electron chi connectivity index (χ0n) is 9.27. The average Bonchev–Trinajstić information content (AvgIpc) is 2.28. The minimum atomic E-state index is -0.481. The molecular weight excluding hydrogens is 202 g/mol. The van der Waals surface area contributed by atoms with Gasteiger partial charge in [-0.15, -0.1) is 0 Å². The lowest BCUT2D eigenvalue weighted by molar-refractivity contribution is 0.180. The number of benzene rings is 1. The van der Waals surface area contributed by atoms with E-state index in [1.807, 2.05) is 43.3 Å². The Bertz CT molecular complexity index is 382. The molecule has 0 radical (unpaired) electrons. The lowest BCUT2D eigenvalue weighted by Crippen LogP contribution is -2.22. The quantitative estimate of drug-likeness (QED) is 0.622. The smallest absolute Gasteiger partial charge is 0.411 e. The standard InChI is InChI=1S/C13H15NO2/c1-3-14-13(15)16-11(2)9-10-12-7-5-4-6-8-12/h4-10H,2-3H2,1H3,(H,14,15)/b10-9+. The SMILES string of the molecule is C=C(/C=C/c1ccccc1)OC(=O)NCC. The highest BCUT2D eigenvalue weighted by Crippen LogP contribution is 2.04. The maximum absolute atomic E-state index is 11.0. The fourth-order valence-corrected chi connectivity index (χ4v) is 1.09. The van der Waals surface area contributed by atoms with Crippen molar-refractivity contribution in [2.24, 2.45) is 0 Å². The molecule has 0 saturated heterocycles. The van der Waals surface area contributed by atoms with Crippen LogP contribution in [0, 0.1) is 0 Å². The fourth-order valence-electron chi connectivity index (χ4n) is 1.09. The van der Waals surface area contributed by atoms with Crippen LogP contribution in [0.3, 0.4) is 0 Å². The Morgan fingerprint density at radius 2 is 2.12 bits per heavy atom. The predicted octanol–water partition coefficient (Wildman–Crippen LogP) is 2.96. The van der Waals surface area contributed by atoms with Crippen LogP contribution >= 0.6 is 0 Å². The number of hydrogen-bond donors (Lipinski definition) is 1. The van der Waals surface area contributed by atoms with Crippen molar-refractivity contribution < 1.29 is 9.53 Å². The van der Waals surface area contributed by atoms with Gasteiger partial charge in [0, 0.05) is 6.54 Å². The molecule has 0 unspecified atom stereocenters. The van der Waals surface area contributed by atoms with E-state index in [9.17, 15) is 4.79 Å². The second-order valence-electron chi connectivity index (χ2n) is 3.13. The van der Waals surface area contributed by atoms with Gasteiger partial charge in [0.2, 0.25) is 0 Å². The molecule has 0 aliphatic rings. The molecule has 1 aromatic carbocycles. The maximum atomic E-state index is 11.0. The molecule has 0 atom stereocenters. The van der Waals surface area contributed by atoms with E-state index in [0.29, 0.717) is 12.3 Å². The zero-order valence-corrected chi connectivity index (χ0v) is 9.27. The second kappa shape index (κ2) is 6.45. The number of rotatable bonds is 4. The maximum Gasteiger partial charge on any atom is 0.412 e. The predicted molar refractivity (Wildman–Crippen MR) is 64.8 cm³/mol. The summed E-state index contributed by atoms with van der Waals surface area (Å²) in [5.74, 6) is 0.315. The molecule has 0 bridgehead atoms. The number of hydrogen-bond acceptors (Lipinski definition) is 2. The number of carbonyl (C=O) groups excluding carboxylic acids is 1. The summed E-state index contributed by atoms with van der Waals surface area (Å²) >= 11 is 0. The minimum absolute atomic E-state index is 0.315. The third kappa shape index (κ3) is 4.46. The van der Waals surface area contributed by atoms with Crippen LogP contribution in [0.15, 0.2) is 48.7 Å². The lowest BCUT2D eigenvalue weighted by atomic mass is 10.2. The van der Waals surface area contributed by atoms with Crippen LogP contribution < -0.4 is 5.32 Å². The van der Waals surface area contributed by atoms with Gasteiger partial charge in [0.05, 0.1) is 0 Å². The van der Waals surface area contributed by atoms with Crippen molar-refractivity contribution in [1.29, 1.82) is 0 Å². The van der Waals surface area contributed by atoms with Gasteiger partial charge in [-0.2, -0.15) is 0 Å². The van der Waals surface area contributed by atoms with E-state index in [1.54, 1.807) is 6.08 Å². The zero-order chi connectivity index (χ0) is 11.8. The molecule has 0 heterocycles. The Hall–Kier alpha value is -2.03. The van der Waals surface area contributed by atoms with Crippen LogP contribution in [0.1, 0.15) is 12.5 Å². The molecule has 1 amide bonds. The number of allylic oxidation sites excluding steroid dienone is 1. The molecule has 0 spiro atoms. The van der Waals surface area contributed by atoms with Gasteiger partial charge in [-0.25, -0.2) is 4.79 Å². The molecule has 0 aliphatic carbocycles. The highest BCUT2D eigenvalue weighted by Gasteiger charge is 1.99. The Morgan fingerprint density at radius 3 is 2.75 bits per heavy atom. The van der Waals surface area contributed by atoms with Gasteiger partial charge in [0.15, 0.2) is 0 Å². The summed E-state index contributed by atoms with van der Waals surface area (Å²) in [6, 6.07) is 9.73. The van der Waals surface area contributed by atoms with Gasteiger partial charge < -0.3 is 10.1 Å². The summed E-state index contributed by atoms with van der Waals surface area (Å²) < 4.78 is 4.88. The molecule has 84 valence electrons. The van der Waals surface area contributed by atoms with E-state index < -0.39 is 6.09 Å². The van der Waals surface area contributed by atoms with Gasteiger partial charge in [0.25, 0.3) is 0 Å². The van der Waals surface area contributed by atoms with E-state index in [1.165, 1.54) is 0 Å². The van der Waals surface area contributed by atoms with Crippen LogP contribution in [-0.2, 0) is 4.74 Å². The van der Waals surface area contributed by atoms with Gasteiger partial charge in [-0.1, -0.05) is 43.0 Å². The number of carbonyl (C=O) groups is 1. The van der Waals surface area contributed by atoms with E-state index in [-0.39, 0.29) is 0 Å². The Balaban J connectivity index is 2.46. The van der Waals surface area contributed by atoms with Crippen molar-refractivity contribution in [3.05, 3.63) is 54.3 Å². The van der Waals surface area contributed by atoms with Crippen molar-refractivity contribution in [3.8, 4) is 0 Å². The monoisotopic (exact) mass is 217 g/mol. The van der Waals surface area contributed by atoms with E-state index in [0.717, 1.165) is 5.56 Å². The molecular formula is C13H15NO2. The van der Waals surface area contributed by atoms with Crippen molar-refractivity contribution in [1.82, 2.24) is 5.32 Å². The molecule has 1 N–H and O–H groups in total. The van der Waals surface area contributed by atoms with Gasteiger partial charge >= 0.3 is 6.09 Å². The molecule has 3 nitrogen and oxygen atoms in total. The molecule has 1 aromatic rings. The first kappa shape index (κ1) is 12.0. The fraction of sp³-hybridized carbons (Fsp3) is 0.154. The van der Waals surface area contributed by atoms with Crippen LogP contribution in [0.4, 0.5) is 4.79 Å². The number of ether oxygens (including phenoxy) is 1. The Kier molecular flexibility index (Phi) is 4.86. The first-order valence-electron chi connectivity index (χ1n) is 5.10. The van der Waals surface area contributed by atoms with E-state index in [4.69, 9.17) is 4.74 Å². The normalized spacial score (nSPS) is 10.1. The van der Waals surface area contributed by atoms with Crippen LogP contribution in [0.5, 0.6) is 0 Å². The minimum Gasteiger partial charge on any atom is -0.411 e. The molecule has 0 aliphatic heterocycles. The summed E-state index contributed by atoms with van der Waals surface area (Å²) in [5, 5.41) is 2.52. The molecule has 16 heavy (non-hydrogen) atoms. The molecule has 3 heteroatoms. The largest absolute Gasteiger partial charge is 0.412 e. The average molecular weight is 217 g/mol. The summed E-state index contributed by atoms with van der Waals surface area (Å²) in [5.41, 5.74) is 1.03. The highest BCUT2D eigenvalue weighted by molar-refractivity contribution is 5.69. The van der Waals surface area contributed by atoms with Crippen molar-refractivity contribution in [2.75, 3.05) is 6.54 Å². The molecule has 0 saturated carbocycles. The number of amides is 1. The third-order valence-corrected chi connectivity index (χ3v) is 1.81. The lowest BCUT2D eigenvalue weighted by Gasteiger charge is -2.03. The Labute approximate surface area is 95.4 Å². The van der Waals surface area contributed by atoms with Crippen LogP contribution in [-0.4, -0.2) is 12.6 Å². The van der Waals surface area contributed by atoms with E-state index >= 15 is 0 Å². The van der Waals surface area contributed by atoms with Crippen molar-refractivity contribution in [2.45, 2.75) is 6.92 Å². The second-order valence-corrected chi connectivity index (χ2v) is 3.13. The summed E-state index contributed by atoms with van der Waals surface area (Å²) in [7, 11) is 0. The van der Waals surface area contributed by atoms with E-state index in [2.05, 4.69) is 11.9 Å². The first-order chi connectivity index (χ1) is 7.72. The summed E-state index contributed by atoms with van der Waals surface area (Å²) in [6.07, 6.45) is 3.01. The van der Waals surface area contributed by atoms with Crippen LogP contribution in [0.25, 0.3) is 6.08 Å². The van der Waals surface area contributed by atoms with Gasteiger partial charge in [0.1, 0.15) is 5.76 Å². The van der Waals surface area contributed by atoms with Crippen molar-refractivity contribution in [3.63, 3.8) is 0 Å². The Morgan fingerprint density at radius 1 is 1.44 bits per heavy atom. The summed E-state index contributed by atoms with van der Waals surface area (Å²) in [6.45, 7) is 5.98. The van der Waals surface area contributed by atoms with Crippen LogP contribution in [0.2, 0.25) is 0 Å². The molecule has 0 aromatic heterocycles. The third-order valence-electron chi connectivity index (χ3n) is 1.81. The summed E-state index contributed by atoms with van der Waals surface area (Å²) in [4.78, 5) is 11.0. The highest BCUT2D eigenvalue weighted by atomic mass is 16.6. The van der Waals surface area contributed by atoms with Gasteiger partial charge in [-0.3, -0.25) is 0 Å².